The Morgan fingerprint density at radius 2 is 2.25 bits per heavy atom. The van der Waals surface area contributed by atoms with Gasteiger partial charge in [0.15, 0.2) is 0 Å². The van der Waals surface area contributed by atoms with Crippen LogP contribution in [-0.4, -0.2) is 19.3 Å². The summed E-state index contributed by atoms with van der Waals surface area (Å²) >= 11 is 0. The Balaban J connectivity index is 2.66. The SMILES string of the molecule is CCOC(C)CNc1cc(C)ccc1C#N. The number of anilines is 1. The van der Waals surface area contributed by atoms with Crippen molar-refractivity contribution in [2.75, 3.05) is 18.5 Å². The molecule has 0 aliphatic rings. The molecule has 3 heteroatoms. The molecule has 0 spiro atoms. The average Bonchev–Trinajstić information content (AvgIpc) is 2.27. The van der Waals surface area contributed by atoms with Crippen LogP contribution in [-0.2, 0) is 4.74 Å². The molecular formula is C13H18N2O. The number of aryl methyl sites for hydroxylation is 1. The topological polar surface area (TPSA) is 45.0 Å². The molecule has 16 heavy (non-hydrogen) atoms. The third-order valence-electron chi connectivity index (χ3n) is 2.33. The van der Waals surface area contributed by atoms with E-state index in [1.165, 1.54) is 0 Å². The minimum absolute atomic E-state index is 0.150. The number of hydrogen-bond donors (Lipinski definition) is 1. The summed E-state index contributed by atoms with van der Waals surface area (Å²) in [7, 11) is 0. The third-order valence-corrected chi connectivity index (χ3v) is 2.33. The first-order valence-corrected chi connectivity index (χ1v) is 5.53. The summed E-state index contributed by atoms with van der Waals surface area (Å²) in [4.78, 5) is 0. The van der Waals surface area contributed by atoms with Crippen LogP contribution in [0.15, 0.2) is 18.2 Å². The van der Waals surface area contributed by atoms with E-state index in [9.17, 15) is 0 Å². The zero-order chi connectivity index (χ0) is 12.0. The van der Waals surface area contributed by atoms with E-state index in [1.807, 2.05) is 39.0 Å². The van der Waals surface area contributed by atoms with Gasteiger partial charge in [0.05, 0.1) is 17.4 Å². The summed E-state index contributed by atoms with van der Waals surface area (Å²) in [6, 6.07) is 7.94. The Hall–Kier alpha value is -1.53. The Kier molecular flexibility index (Phi) is 4.81. The Bertz CT molecular complexity index is 382. The molecule has 0 aliphatic carbocycles. The van der Waals surface area contributed by atoms with Crippen LogP contribution in [0.5, 0.6) is 0 Å². The molecule has 0 bridgehead atoms. The van der Waals surface area contributed by atoms with Gasteiger partial charge in [-0.2, -0.15) is 5.26 Å². The summed E-state index contributed by atoms with van der Waals surface area (Å²) in [5, 5.41) is 12.2. The number of nitrogens with one attached hydrogen (secondary N) is 1. The van der Waals surface area contributed by atoms with Crippen molar-refractivity contribution in [3.8, 4) is 6.07 Å². The summed E-state index contributed by atoms with van der Waals surface area (Å²) in [6.45, 7) is 7.42. The van der Waals surface area contributed by atoms with E-state index in [2.05, 4.69) is 11.4 Å². The van der Waals surface area contributed by atoms with Crippen molar-refractivity contribution in [1.29, 1.82) is 5.26 Å². The van der Waals surface area contributed by atoms with Crippen molar-refractivity contribution >= 4 is 5.69 Å². The highest BCUT2D eigenvalue weighted by atomic mass is 16.5. The predicted octanol–water partition coefficient (Wildman–Crippen LogP) is 2.70. The lowest BCUT2D eigenvalue weighted by molar-refractivity contribution is 0.0855. The van der Waals surface area contributed by atoms with Gasteiger partial charge in [0.1, 0.15) is 6.07 Å². The fraction of sp³-hybridized carbons (Fsp3) is 0.462. The van der Waals surface area contributed by atoms with Crippen LogP contribution in [0.4, 0.5) is 5.69 Å². The van der Waals surface area contributed by atoms with Gasteiger partial charge in [-0.1, -0.05) is 6.07 Å². The van der Waals surface area contributed by atoms with E-state index in [0.29, 0.717) is 18.7 Å². The van der Waals surface area contributed by atoms with E-state index >= 15 is 0 Å². The number of nitriles is 1. The quantitative estimate of drug-likeness (QED) is 0.826. The molecule has 1 rings (SSSR count). The van der Waals surface area contributed by atoms with Gasteiger partial charge < -0.3 is 10.1 Å². The highest BCUT2D eigenvalue weighted by Crippen LogP contribution is 2.16. The van der Waals surface area contributed by atoms with Crippen LogP contribution in [0, 0.1) is 18.3 Å². The summed E-state index contributed by atoms with van der Waals surface area (Å²) in [6.07, 6.45) is 0.150. The molecule has 3 nitrogen and oxygen atoms in total. The molecule has 0 fully saturated rings. The highest BCUT2D eigenvalue weighted by molar-refractivity contribution is 5.58. The summed E-state index contributed by atoms with van der Waals surface area (Å²) in [5.41, 5.74) is 2.70. The minimum Gasteiger partial charge on any atom is -0.381 e. The number of ether oxygens (including phenoxy) is 1. The second-order valence-electron chi connectivity index (χ2n) is 3.81. The fourth-order valence-electron chi connectivity index (χ4n) is 1.50. The first-order valence-electron chi connectivity index (χ1n) is 5.53. The van der Waals surface area contributed by atoms with Gasteiger partial charge >= 0.3 is 0 Å². The van der Waals surface area contributed by atoms with Crippen LogP contribution in [0.1, 0.15) is 25.0 Å². The highest BCUT2D eigenvalue weighted by Gasteiger charge is 2.04. The van der Waals surface area contributed by atoms with E-state index < -0.39 is 0 Å². The standard InChI is InChI=1S/C13H18N2O/c1-4-16-11(3)9-15-13-7-10(2)5-6-12(13)8-14/h5-7,11,15H,4,9H2,1-3H3. The van der Waals surface area contributed by atoms with E-state index in [0.717, 1.165) is 11.3 Å². The average molecular weight is 218 g/mol. The van der Waals surface area contributed by atoms with Crippen molar-refractivity contribution in [3.05, 3.63) is 29.3 Å². The third kappa shape index (κ3) is 3.56. The zero-order valence-electron chi connectivity index (χ0n) is 10.1. The molecule has 0 saturated carbocycles. The molecule has 0 amide bonds. The molecule has 1 aromatic carbocycles. The van der Waals surface area contributed by atoms with Crippen LogP contribution in [0.25, 0.3) is 0 Å². The maximum absolute atomic E-state index is 8.96. The van der Waals surface area contributed by atoms with Gasteiger partial charge in [0.2, 0.25) is 0 Å². The fourth-order valence-corrected chi connectivity index (χ4v) is 1.50. The monoisotopic (exact) mass is 218 g/mol. The molecule has 0 aliphatic heterocycles. The molecule has 1 atom stereocenters. The number of hydrogen-bond acceptors (Lipinski definition) is 3. The molecular weight excluding hydrogens is 200 g/mol. The minimum atomic E-state index is 0.150. The number of benzene rings is 1. The molecule has 1 aromatic rings. The van der Waals surface area contributed by atoms with Gasteiger partial charge in [0, 0.05) is 13.2 Å². The van der Waals surface area contributed by atoms with Crippen molar-refractivity contribution in [3.63, 3.8) is 0 Å². The van der Waals surface area contributed by atoms with Crippen molar-refractivity contribution < 1.29 is 4.74 Å². The molecule has 0 aromatic heterocycles. The lowest BCUT2D eigenvalue weighted by Crippen LogP contribution is -2.20. The van der Waals surface area contributed by atoms with E-state index in [-0.39, 0.29) is 6.10 Å². The molecule has 1 unspecified atom stereocenters. The number of rotatable bonds is 5. The summed E-state index contributed by atoms with van der Waals surface area (Å²) < 4.78 is 5.42. The maximum Gasteiger partial charge on any atom is 0.101 e. The Morgan fingerprint density at radius 3 is 2.88 bits per heavy atom. The van der Waals surface area contributed by atoms with Crippen LogP contribution in [0.3, 0.4) is 0 Å². The van der Waals surface area contributed by atoms with Crippen LogP contribution >= 0.6 is 0 Å². The Morgan fingerprint density at radius 1 is 1.50 bits per heavy atom. The second kappa shape index (κ2) is 6.14. The summed E-state index contributed by atoms with van der Waals surface area (Å²) in [5.74, 6) is 0. The van der Waals surface area contributed by atoms with Gasteiger partial charge in [-0.3, -0.25) is 0 Å². The number of nitrogens with zero attached hydrogens (tertiary/aromatic N) is 1. The van der Waals surface area contributed by atoms with Crippen LogP contribution in [0.2, 0.25) is 0 Å². The van der Waals surface area contributed by atoms with Gasteiger partial charge in [-0.15, -0.1) is 0 Å². The van der Waals surface area contributed by atoms with Crippen molar-refractivity contribution in [2.24, 2.45) is 0 Å². The predicted molar refractivity (Wildman–Crippen MR) is 65.5 cm³/mol. The van der Waals surface area contributed by atoms with E-state index in [1.54, 1.807) is 0 Å². The molecule has 1 N–H and O–H groups in total. The molecule has 0 heterocycles. The maximum atomic E-state index is 8.96. The van der Waals surface area contributed by atoms with Crippen LogP contribution < -0.4 is 5.32 Å². The van der Waals surface area contributed by atoms with Gasteiger partial charge in [0.25, 0.3) is 0 Å². The molecule has 0 radical (unpaired) electrons. The van der Waals surface area contributed by atoms with E-state index in [4.69, 9.17) is 10.00 Å². The van der Waals surface area contributed by atoms with Gasteiger partial charge in [-0.25, -0.2) is 0 Å². The largest absolute Gasteiger partial charge is 0.381 e. The zero-order valence-corrected chi connectivity index (χ0v) is 10.1. The van der Waals surface area contributed by atoms with Crippen molar-refractivity contribution in [2.45, 2.75) is 26.9 Å². The van der Waals surface area contributed by atoms with Crippen molar-refractivity contribution in [1.82, 2.24) is 0 Å². The first kappa shape index (κ1) is 12.5. The second-order valence-corrected chi connectivity index (χ2v) is 3.81. The molecule has 86 valence electrons. The van der Waals surface area contributed by atoms with Gasteiger partial charge in [-0.05, 0) is 38.5 Å². The smallest absolute Gasteiger partial charge is 0.101 e. The lowest BCUT2D eigenvalue weighted by atomic mass is 10.1. The molecule has 0 saturated heterocycles. The normalized spacial score (nSPS) is 11.9. The lowest BCUT2D eigenvalue weighted by Gasteiger charge is -2.14. The Labute approximate surface area is 97.0 Å². The first-order chi connectivity index (χ1) is 7.67.